The van der Waals surface area contributed by atoms with Crippen molar-refractivity contribution in [3.8, 4) is 0 Å². The predicted molar refractivity (Wildman–Crippen MR) is 85.9 cm³/mol. The molecular formula is C16H25I. The summed E-state index contributed by atoms with van der Waals surface area (Å²) < 4.78 is 1.32. The molecule has 0 aromatic heterocycles. The van der Waals surface area contributed by atoms with Crippen LogP contribution in [0.25, 0.3) is 0 Å². The Morgan fingerprint density at radius 2 is 1.71 bits per heavy atom. The van der Waals surface area contributed by atoms with Crippen LogP contribution in [0.3, 0.4) is 0 Å². The monoisotopic (exact) mass is 344 g/mol. The van der Waals surface area contributed by atoms with E-state index in [4.69, 9.17) is 0 Å². The molecule has 0 spiro atoms. The van der Waals surface area contributed by atoms with Gasteiger partial charge in [0.25, 0.3) is 0 Å². The molecule has 1 rings (SSSR count). The van der Waals surface area contributed by atoms with E-state index >= 15 is 0 Å². The highest BCUT2D eigenvalue weighted by atomic mass is 127. The summed E-state index contributed by atoms with van der Waals surface area (Å²) in [5.74, 6) is 0.968. The number of rotatable bonds is 9. The third kappa shape index (κ3) is 7.07. The zero-order valence-corrected chi connectivity index (χ0v) is 13.2. The average molecular weight is 344 g/mol. The minimum absolute atomic E-state index is 0.968. The standard InChI is InChI=1S/C16H25I/c1-2-3-8-16(13-14-17)12-7-11-15-9-5-4-6-10-15/h4-6,9-10,16H,2-3,7-8,11-14H2,1H3. The predicted octanol–water partition coefficient (Wildman–Crippen LogP) is 5.64. The van der Waals surface area contributed by atoms with Crippen LogP contribution in [-0.2, 0) is 6.42 Å². The number of halogens is 1. The molecule has 0 heterocycles. The van der Waals surface area contributed by atoms with Crippen molar-refractivity contribution >= 4 is 22.6 Å². The molecule has 0 N–H and O–H groups in total. The summed E-state index contributed by atoms with van der Waals surface area (Å²) in [5.41, 5.74) is 1.50. The van der Waals surface area contributed by atoms with Gasteiger partial charge in [-0.05, 0) is 35.2 Å². The van der Waals surface area contributed by atoms with Crippen LogP contribution in [-0.4, -0.2) is 4.43 Å². The van der Waals surface area contributed by atoms with Gasteiger partial charge in [0.05, 0.1) is 0 Å². The molecule has 0 radical (unpaired) electrons. The van der Waals surface area contributed by atoms with E-state index in [2.05, 4.69) is 59.8 Å². The van der Waals surface area contributed by atoms with E-state index < -0.39 is 0 Å². The number of benzene rings is 1. The summed E-state index contributed by atoms with van der Waals surface area (Å²) >= 11 is 2.52. The summed E-state index contributed by atoms with van der Waals surface area (Å²) in [5, 5.41) is 0. The minimum Gasteiger partial charge on any atom is -0.0864 e. The Kier molecular flexibility index (Phi) is 8.76. The van der Waals surface area contributed by atoms with E-state index in [9.17, 15) is 0 Å². The van der Waals surface area contributed by atoms with Gasteiger partial charge in [-0.15, -0.1) is 0 Å². The lowest BCUT2D eigenvalue weighted by Gasteiger charge is -2.15. The molecule has 0 fully saturated rings. The van der Waals surface area contributed by atoms with Crippen molar-refractivity contribution in [3.63, 3.8) is 0 Å². The smallest absolute Gasteiger partial charge is 0.000209 e. The summed E-state index contributed by atoms with van der Waals surface area (Å²) in [7, 11) is 0. The third-order valence-electron chi connectivity index (χ3n) is 3.40. The highest BCUT2D eigenvalue weighted by Crippen LogP contribution is 2.21. The summed E-state index contributed by atoms with van der Waals surface area (Å²) in [6.07, 6.45) is 9.63. The fraction of sp³-hybridized carbons (Fsp3) is 0.625. The van der Waals surface area contributed by atoms with E-state index in [0.717, 1.165) is 5.92 Å². The van der Waals surface area contributed by atoms with Crippen molar-refractivity contribution in [2.75, 3.05) is 4.43 Å². The van der Waals surface area contributed by atoms with E-state index in [1.807, 2.05) is 0 Å². The summed E-state index contributed by atoms with van der Waals surface area (Å²) in [6.45, 7) is 2.30. The van der Waals surface area contributed by atoms with Gasteiger partial charge in [0.2, 0.25) is 0 Å². The van der Waals surface area contributed by atoms with Gasteiger partial charge in [0, 0.05) is 0 Å². The summed E-state index contributed by atoms with van der Waals surface area (Å²) in [6, 6.07) is 10.9. The van der Waals surface area contributed by atoms with Crippen LogP contribution in [0.4, 0.5) is 0 Å². The van der Waals surface area contributed by atoms with Crippen molar-refractivity contribution in [2.45, 2.75) is 51.9 Å². The number of hydrogen-bond donors (Lipinski definition) is 0. The Morgan fingerprint density at radius 3 is 2.35 bits per heavy atom. The van der Waals surface area contributed by atoms with Gasteiger partial charge in [0.1, 0.15) is 0 Å². The molecule has 1 heteroatoms. The van der Waals surface area contributed by atoms with Crippen LogP contribution in [0.5, 0.6) is 0 Å². The molecular weight excluding hydrogens is 319 g/mol. The zero-order chi connectivity index (χ0) is 12.3. The number of alkyl halides is 1. The van der Waals surface area contributed by atoms with Gasteiger partial charge in [-0.3, -0.25) is 0 Å². The Bertz CT molecular complexity index is 268. The van der Waals surface area contributed by atoms with Crippen LogP contribution in [0, 0.1) is 5.92 Å². The van der Waals surface area contributed by atoms with Gasteiger partial charge < -0.3 is 0 Å². The Labute approximate surface area is 120 Å². The largest absolute Gasteiger partial charge is 0.0864 e. The first-order valence-corrected chi connectivity index (χ1v) is 8.49. The maximum Gasteiger partial charge on any atom is -0.000209 e. The second kappa shape index (κ2) is 9.93. The first-order valence-electron chi connectivity index (χ1n) is 6.96. The van der Waals surface area contributed by atoms with Gasteiger partial charge in [-0.25, -0.2) is 0 Å². The molecule has 0 saturated carbocycles. The fourth-order valence-corrected chi connectivity index (χ4v) is 3.20. The highest BCUT2D eigenvalue weighted by Gasteiger charge is 2.07. The van der Waals surface area contributed by atoms with Gasteiger partial charge >= 0.3 is 0 Å². The van der Waals surface area contributed by atoms with Crippen molar-refractivity contribution in [1.82, 2.24) is 0 Å². The molecule has 0 saturated heterocycles. The Morgan fingerprint density at radius 1 is 1.00 bits per heavy atom. The molecule has 0 aliphatic carbocycles. The van der Waals surface area contributed by atoms with Crippen LogP contribution >= 0.6 is 22.6 Å². The maximum absolute atomic E-state index is 2.52. The van der Waals surface area contributed by atoms with Crippen molar-refractivity contribution in [3.05, 3.63) is 35.9 Å². The molecule has 0 aliphatic heterocycles. The lowest BCUT2D eigenvalue weighted by molar-refractivity contribution is 0.414. The average Bonchev–Trinajstić information content (AvgIpc) is 2.37. The van der Waals surface area contributed by atoms with Crippen LogP contribution < -0.4 is 0 Å². The molecule has 0 nitrogen and oxygen atoms in total. The van der Waals surface area contributed by atoms with Crippen molar-refractivity contribution in [2.24, 2.45) is 5.92 Å². The van der Waals surface area contributed by atoms with Crippen LogP contribution in [0.1, 0.15) is 51.0 Å². The maximum atomic E-state index is 2.52. The van der Waals surface area contributed by atoms with Gasteiger partial charge in [0.15, 0.2) is 0 Å². The summed E-state index contributed by atoms with van der Waals surface area (Å²) in [4.78, 5) is 0. The van der Waals surface area contributed by atoms with E-state index in [1.54, 1.807) is 0 Å². The SMILES string of the molecule is CCCCC(CCI)CCCc1ccccc1. The van der Waals surface area contributed by atoms with E-state index in [1.165, 1.54) is 54.9 Å². The van der Waals surface area contributed by atoms with Crippen LogP contribution in [0.15, 0.2) is 30.3 Å². The van der Waals surface area contributed by atoms with Crippen molar-refractivity contribution < 1.29 is 0 Å². The Hall–Kier alpha value is -0.0500. The molecule has 17 heavy (non-hydrogen) atoms. The molecule has 1 aromatic carbocycles. The minimum atomic E-state index is 0.968. The molecule has 1 atom stereocenters. The van der Waals surface area contributed by atoms with Gasteiger partial charge in [-0.1, -0.05) is 85.5 Å². The van der Waals surface area contributed by atoms with Crippen LogP contribution in [0.2, 0.25) is 0 Å². The normalized spacial score (nSPS) is 12.6. The van der Waals surface area contributed by atoms with Gasteiger partial charge in [-0.2, -0.15) is 0 Å². The topological polar surface area (TPSA) is 0 Å². The number of unbranched alkanes of at least 4 members (excludes halogenated alkanes) is 1. The zero-order valence-electron chi connectivity index (χ0n) is 11.0. The molecule has 0 aliphatic rings. The number of hydrogen-bond acceptors (Lipinski definition) is 0. The second-order valence-electron chi connectivity index (χ2n) is 4.86. The highest BCUT2D eigenvalue weighted by molar-refractivity contribution is 14.1. The van der Waals surface area contributed by atoms with Crippen molar-refractivity contribution in [1.29, 1.82) is 0 Å². The molecule has 0 bridgehead atoms. The van der Waals surface area contributed by atoms with E-state index in [-0.39, 0.29) is 0 Å². The fourth-order valence-electron chi connectivity index (χ4n) is 2.32. The quantitative estimate of drug-likeness (QED) is 0.402. The third-order valence-corrected chi connectivity index (χ3v) is 4.03. The Balaban J connectivity index is 2.22. The molecule has 0 amide bonds. The second-order valence-corrected chi connectivity index (χ2v) is 5.94. The van der Waals surface area contributed by atoms with E-state index in [0.29, 0.717) is 0 Å². The lowest BCUT2D eigenvalue weighted by atomic mass is 9.92. The molecule has 1 aromatic rings. The molecule has 1 unspecified atom stereocenters. The lowest BCUT2D eigenvalue weighted by Crippen LogP contribution is -2.02. The molecule has 96 valence electrons. The first kappa shape index (κ1) is 15.0. The first-order chi connectivity index (χ1) is 8.36. The number of aryl methyl sites for hydroxylation is 1.